The molecule has 0 aromatic heterocycles. The number of nitrogens with zero attached hydrogens (tertiary/aromatic N) is 1. The number of rotatable bonds is 7. The van der Waals surface area contributed by atoms with Crippen molar-refractivity contribution in [2.45, 2.75) is 18.9 Å². The maximum Gasteiger partial charge on any atom is 0.236 e. The molecule has 122 valence electrons. The lowest BCUT2D eigenvalue weighted by Crippen LogP contribution is -2.45. The third kappa shape index (κ3) is 4.89. The molecule has 1 aliphatic heterocycles. The first-order valence-corrected chi connectivity index (χ1v) is 7.59. The van der Waals surface area contributed by atoms with Gasteiger partial charge in [-0.25, -0.2) is 0 Å². The van der Waals surface area contributed by atoms with Gasteiger partial charge in [0.1, 0.15) is 18.1 Å². The van der Waals surface area contributed by atoms with E-state index < -0.39 is 0 Å². The van der Waals surface area contributed by atoms with Crippen molar-refractivity contribution < 1.29 is 19.0 Å². The van der Waals surface area contributed by atoms with Gasteiger partial charge in [0.05, 0.1) is 26.4 Å². The van der Waals surface area contributed by atoms with Crippen LogP contribution in [0.3, 0.4) is 0 Å². The summed E-state index contributed by atoms with van der Waals surface area (Å²) < 4.78 is 16.5. The molecule has 0 aliphatic carbocycles. The average molecular weight is 308 g/mol. The van der Waals surface area contributed by atoms with E-state index in [2.05, 4.69) is 0 Å². The van der Waals surface area contributed by atoms with Crippen molar-refractivity contribution in [3.63, 3.8) is 0 Å². The van der Waals surface area contributed by atoms with E-state index in [9.17, 15) is 4.79 Å². The summed E-state index contributed by atoms with van der Waals surface area (Å²) in [5.74, 6) is 1.58. The monoisotopic (exact) mass is 308 g/mol. The van der Waals surface area contributed by atoms with Crippen molar-refractivity contribution in [1.29, 1.82) is 0 Å². The summed E-state index contributed by atoms with van der Waals surface area (Å²) in [5, 5.41) is 0. The van der Waals surface area contributed by atoms with Crippen molar-refractivity contribution in [2.75, 3.05) is 40.0 Å². The van der Waals surface area contributed by atoms with Crippen LogP contribution in [0.5, 0.6) is 11.5 Å². The molecule has 1 aromatic rings. The minimum absolute atomic E-state index is 0.0113. The van der Waals surface area contributed by atoms with Gasteiger partial charge in [-0.15, -0.1) is 0 Å². The molecule has 1 amide bonds. The SMILES string of the molecule is COc1ccc(OCCOC2CCCN(C(=O)CN)C2)cc1. The number of nitrogens with two attached hydrogens (primary N) is 1. The Morgan fingerprint density at radius 3 is 2.68 bits per heavy atom. The largest absolute Gasteiger partial charge is 0.497 e. The van der Waals surface area contributed by atoms with E-state index >= 15 is 0 Å². The third-order valence-corrected chi connectivity index (χ3v) is 3.67. The topological polar surface area (TPSA) is 74.0 Å². The Bertz CT molecular complexity index is 464. The summed E-state index contributed by atoms with van der Waals surface area (Å²) in [6.45, 7) is 2.44. The molecule has 1 aliphatic rings. The predicted octanol–water partition coefficient (Wildman–Crippen LogP) is 1.04. The normalized spacial score (nSPS) is 18.1. The van der Waals surface area contributed by atoms with Crippen LogP contribution in [0.2, 0.25) is 0 Å². The van der Waals surface area contributed by atoms with Crippen molar-refractivity contribution in [3.8, 4) is 11.5 Å². The minimum Gasteiger partial charge on any atom is -0.497 e. The zero-order chi connectivity index (χ0) is 15.8. The van der Waals surface area contributed by atoms with Crippen LogP contribution in [-0.2, 0) is 9.53 Å². The van der Waals surface area contributed by atoms with Crippen molar-refractivity contribution >= 4 is 5.91 Å². The number of benzene rings is 1. The Morgan fingerprint density at radius 1 is 1.27 bits per heavy atom. The first-order valence-electron chi connectivity index (χ1n) is 7.59. The van der Waals surface area contributed by atoms with Gasteiger partial charge in [-0.3, -0.25) is 4.79 Å². The quantitative estimate of drug-likeness (QED) is 0.762. The molecule has 0 saturated carbocycles. The van der Waals surface area contributed by atoms with Gasteiger partial charge in [0.15, 0.2) is 0 Å². The van der Waals surface area contributed by atoms with Crippen molar-refractivity contribution in [2.24, 2.45) is 5.73 Å². The summed E-state index contributed by atoms with van der Waals surface area (Å²) in [6.07, 6.45) is 2.00. The Morgan fingerprint density at radius 2 is 2.00 bits per heavy atom. The second-order valence-corrected chi connectivity index (χ2v) is 5.20. The van der Waals surface area contributed by atoms with Crippen LogP contribution < -0.4 is 15.2 Å². The molecule has 0 radical (unpaired) electrons. The fourth-order valence-corrected chi connectivity index (χ4v) is 2.48. The molecular weight excluding hydrogens is 284 g/mol. The summed E-state index contributed by atoms with van der Waals surface area (Å²) in [6, 6.07) is 7.43. The van der Waals surface area contributed by atoms with Crippen LogP contribution in [0.1, 0.15) is 12.8 Å². The Hall–Kier alpha value is -1.79. The van der Waals surface area contributed by atoms with Crippen molar-refractivity contribution in [1.82, 2.24) is 4.90 Å². The van der Waals surface area contributed by atoms with Crippen LogP contribution in [0, 0.1) is 0 Å². The average Bonchev–Trinajstić information content (AvgIpc) is 2.59. The number of piperidine rings is 1. The van der Waals surface area contributed by atoms with E-state index in [0.717, 1.165) is 30.9 Å². The summed E-state index contributed by atoms with van der Waals surface area (Å²) in [4.78, 5) is 13.4. The highest BCUT2D eigenvalue weighted by molar-refractivity contribution is 5.78. The molecular formula is C16H24N2O4. The van der Waals surface area contributed by atoms with Gasteiger partial charge in [0, 0.05) is 13.1 Å². The van der Waals surface area contributed by atoms with Crippen molar-refractivity contribution in [3.05, 3.63) is 24.3 Å². The molecule has 1 unspecified atom stereocenters. The first kappa shape index (κ1) is 16.6. The van der Waals surface area contributed by atoms with Gasteiger partial charge in [-0.1, -0.05) is 0 Å². The molecule has 2 rings (SSSR count). The number of hydrogen-bond donors (Lipinski definition) is 1. The Labute approximate surface area is 131 Å². The van der Waals surface area contributed by atoms with Gasteiger partial charge in [-0.2, -0.15) is 0 Å². The number of carbonyl (C=O) groups is 1. The van der Waals surface area contributed by atoms with Crippen LogP contribution in [-0.4, -0.2) is 56.9 Å². The zero-order valence-electron chi connectivity index (χ0n) is 13.0. The van der Waals surface area contributed by atoms with E-state index in [1.807, 2.05) is 24.3 Å². The molecule has 6 heteroatoms. The van der Waals surface area contributed by atoms with Crippen LogP contribution in [0.15, 0.2) is 24.3 Å². The molecule has 0 spiro atoms. The van der Waals surface area contributed by atoms with Crippen LogP contribution >= 0.6 is 0 Å². The smallest absolute Gasteiger partial charge is 0.236 e. The molecule has 1 aromatic carbocycles. The summed E-state index contributed by atoms with van der Waals surface area (Å²) in [5.41, 5.74) is 5.39. The standard InChI is InChI=1S/C16H24N2O4/c1-20-13-4-6-14(7-5-13)21-9-10-22-15-3-2-8-18(12-15)16(19)11-17/h4-7,15H,2-3,8-12,17H2,1H3. The zero-order valence-corrected chi connectivity index (χ0v) is 13.0. The molecule has 6 nitrogen and oxygen atoms in total. The number of ether oxygens (including phenoxy) is 3. The van der Waals surface area contributed by atoms with Crippen LogP contribution in [0.4, 0.5) is 0 Å². The Kier molecular flexibility index (Phi) is 6.48. The van der Waals surface area contributed by atoms with Crippen LogP contribution in [0.25, 0.3) is 0 Å². The Balaban J connectivity index is 1.66. The van der Waals surface area contributed by atoms with Gasteiger partial charge < -0.3 is 24.8 Å². The highest BCUT2D eigenvalue weighted by Crippen LogP contribution is 2.17. The maximum absolute atomic E-state index is 11.6. The van der Waals surface area contributed by atoms with Gasteiger partial charge in [-0.05, 0) is 37.1 Å². The lowest BCUT2D eigenvalue weighted by molar-refractivity contribution is -0.133. The molecule has 1 heterocycles. The molecule has 2 N–H and O–H groups in total. The molecule has 1 fully saturated rings. The predicted molar refractivity (Wildman–Crippen MR) is 83.1 cm³/mol. The molecule has 1 saturated heterocycles. The highest BCUT2D eigenvalue weighted by atomic mass is 16.5. The number of amides is 1. The lowest BCUT2D eigenvalue weighted by atomic mass is 10.1. The first-order chi connectivity index (χ1) is 10.7. The fraction of sp³-hybridized carbons (Fsp3) is 0.562. The van der Waals surface area contributed by atoms with E-state index in [1.54, 1.807) is 12.0 Å². The van der Waals surface area contributed by atoms with Gasteiger partial charge in [0.25, 0.3) is 0 Å². The maximum atomic E-state index is 11.6. The van der Waals surface area contributed by atoms with E-state index in [1.165, 1.54) is 0 Å². The lowest BCUT2D eigenvalue weighted by Gasteiger charge is -2.32. The second-order valence-electron chi connectivity index (χ2n) is 5.20. The minimum atomic E-state index is -0.0113. The molecule has 22 heavy (non-hydrogen) atoms. The number of carbonyl (C=O) groups excluding carboxylic acids is 1. The number of methoxy groups -OCH3 is 1. The van der Waals surface area contributed by atoms with Gasteiger partial charge >= 0.3 is 0 Å². The van der Waals surface area contributed by atoms with E-state index in [-0.39, 0.29) is 18.6 Å². The highest BCUT2D eigenvalue weighted by Gasteiger charge is 2.23. The van der Waals surface area contributed by atoms with E-state index in [4.69, 9.17) is 19.9 Å². The molecule has 0 bridgehead atoms. The van der Waals surface area contributed by atoms with E-state index in [0.29, 0.717) is 19.8 Å². The summed E-state index contributed by atoms with van der Waals surface area (Å²) >= 11 is 0. The van der Waals surface area contributed by atoms with Gasteiger partial charge in [0.2, 0.25) is 5.91 Å². The number of likely N-dealkylation sites (tertiary alicyclic amines) is 1. The third-order valence-electron chi connectivity index (χ3n) is 3.67. The fourth-order valence-electron chi connectivity index (χ4n) is 2.48. The summed E-state index contributed by atoms with van der Waals surface area (Å²) in [7, 11) is 1.63. The number of hydrogen-bond acceptors (Lipinski definition) is 5. The second kappa shape index (κ2) is 8.60. The molecule has 1 atom stereocenters.